The summed E-state index contributed by atoms with van der Waals surface area (Å²) in [5.74, 6) is -1.20. The molecule has 1 aromatic carbocycles. The molecule has 2 atom stereocenters. The van der Waals surface area contributed by atoms with E-state index in [0.29, 0.717) is 11.3 Å². The van der Waals surface area contributed by atoms with Crippen molar-refractivity contribution in [3.05, 3.63) is 64.5 Å². The molecule has 1 fully saturated rings. The minimum absolute atomic E-state index is 0. The van der Waals surface area contributed by atoms with Crippen molar-refractivity contribution in [3.8, 4) is 0 Å². The molecule has 3 heterocycles. The number of alkyl halides is 1. The van der Waals surface area contributed by atoms with Gasteiger partial charge < -0.3 is 15.8 Å². The first-order valence-corrected chi connectivity index (χ1v) is 9.97. The molecule has 2 aromatic rings. The number of hydrogen-bond acceptors (Lipinski definition) is 6. The molecule has 0 aliphatic carbocycles. The summed E-state index contributed by atoms with van der Waals surface area (Å²) in [6, 6.07) is 5.42. The van der Waals surface area contributed by atoms with Gasteiger partial charge in [0.2, 0.25) is 5.69 Å². The smallest absolute Gasteiger partial charge is 0.274 e. The highest BCUT2D eigenvalue weighted by Gasteiger charge is 2.61. The van der Waals surface area contributed by atoms with Crippen LogP contribution in [0.5, 0.6) is 0 Å². The molecule has 1 saturated heterocycles. The van der Waals surface area contributed by atoms with Crippen LogP contribution in [0, 0.1) is 19.3 Å². The van der Waals surface area contributed by atoms with Crippen LogP contribution in [0.2, 0.25) is 0 Å². The molecule has 1 amide bonds. The van der Waals surface area contributed by atoms with E-state index in [0.717, 1.165) is 17.8 Å². The molecule has 0 unspecified atom stereocenters. The fraction of sp³-hybridized carbons (Fsp3) is 0.300. The second-order valence-electron chi connectivity index (χ2n) is 7.18. The fourth-order valence-corrected chi connectivity index (χ4v) is 4.58. The molecule has 1 aromatic heterocycles. The Morgan fingerprint density at radius 1 is 1.39 bits per heavy atom. The number of rotatable bonds is 3. The van der Waals surface area contributed by atoms with Crippen LogP contribution in [0.1, 0.15) is 21.6 Å². The third kappa shape index (κ3) is 3.84. The fourth-order valence-electron chi connectivity index (χ4n) is 3.66. The zero-order chi connectivity index (χ0) is 21.5. The first-order chi connectivity index (χ1) is 14.3. The van der Waals surface area contributed by atoms with E-state index in [1.54, 1.807) is 13.0 Å². The first-order valence-electron chi connectivity index (χ1n) is 8.98. The molecular weight excluding hydrogens is 448 g/mol. The number of halogens is 3. The lowest BCUT2D eigenvalue weighted by Crippen LogP contribution is -2.52. The van der Waals surface area contributed by atoms with E-state index in [-0.39, 0.29) is 53.5 Å². The number of thioether (sulfide) groups is 1. The molecule has 3 N–H and O–H groups in total. The second-order valence-corrected chi connectivity index (χ2v) is 8.17. The van der Waals surface area contributed by atoms with Gasteiger partial charge in [-0.05, 0) is 36.8 Å². The van der Waals surface area contributed by atoms with Crippen LogP contribution < -0.4 is 11.1 Å². The van der Waals surface area contributed by atoms with Gasteiger partial charge in [-0.1, -0.05) is 11.8 Å². The molecule has 4 rings (SSSR count). The number of aryl methyl sites for hydroxylation is 1. The number of pyridine rings is 1. The largest absolute Gasteiger partial charge is 0.379 e. The third-order valence-corrected chi connectivity index (χ3v) is 6.20. The third-order valence-electron chi connectivity index (χ3n) is 5.21. The van der Waals surface area contributed by atoms with Gasteiger partial charge >= 0.3 is 0 Å². The van der Waals surface area contributed by atoms with Crippen LogP contribution in [0.15, 0.2) is 35.5 Å². The number of aromatic nitrogens is 1. The maximum absolute atomic E-state index is 15.6. The number of nitrogens with zero attached hydrogens (tertiary/aromatic N) is 3. The quantitative estimate of drug-likeness (QED) is 0.673. The number of benzene rings is 1. The molecule has 2 aliphatic heterocycles. The van der Waals surface area contributed by atoms with Crippen molar-refractivity contribution in [2.75, 3.05) is 24.3 Å². The number of carbonyl (C=O) groups is 1. The SMILES string of the molecule is Cl.[C-]#[N+]c1cnc(C(=O)Nc2ccc(F)c([C@]34COC[C@@]3(F)CSC(N)=N4)c2)c(C)c1. The lowest BCUT2D eigenvalue weighted by Gasteiger charge is -2.38. The Morgan fingerprint density at radius 2 is 2.16 bits per heavy atom. The number of nitrogens with one attached hydrogen (secondary N) is 1. The molecule has 0 radical (unpaired) electrons. The predicted octanol–water partition coefficient (Wildman–Crippen LogP) is 3.75. The van der Waals surface area contributed by atoms with Crippen molar-refractivity contribution in [3.63, 3.8) is 0 Å². The normalized spacial score (nSPS) is 24.4. The number of fused-ring (bicyclic) bond motifs is 1. The average molecular weight is 466 g/mol. The number of ether oxygens (including phenoxy) is 1. The van der Waals surface area contributed by atoms with E-state index in [9.17, 15) is 9.18 Å². The molecule has 2 aliphatic rings. The summed E-state index contributed by atoms with van der Waals surface area (Å²) in [4.78, 5) is 24.2. The zero-order valence-corrected chi connectivity index (χ0v) is 17.9. The van der Waals surface area contributed by atoms with Crippen molar-refractivity contribution < 1.29 is 18.3 Å². The maximum atomic E-state index is 15.6. The van der Waals surface area contributed by atoms with Gasteiger partial charge in [-0.3, -0.25) is 9.78 Å². The molecule has 162 valence electrons. The Bertz CT molecular complexity index is 1130. The average Bonchev–Trinajstić information content (AvgIpc) is 3.06. The van der Waals surface area contributed by atoms with Crippen LogP contribution >= 0.6 is 24.2 Å². The van der Waals surface area contributed by atoms with Gasteiger partial charge in [-0.25, -0.2) is 18.6 Å². The highest BCUT2D eigenvalue weighted by molar-refractivity contribution is 8.13. The monoisotopic (exact) mass is 465 g/mol. The van der Waals surface area contributed by atoms with Gasteiger partial charge in [0.25, 0.3) is 5.91 Å². The lowest BCUT2D eigenvalue weighted by atomic mass is 9.79. The van der Waals surface area contributed by atoms with Crippen molar-refractivity contribution in [1.82, 2.24) is 4.98 Å². The van der Waals surface area contributed by atoms with Crippen LogP contribution in [0.25, 0.3) is 4.85 Å². The number of aliphatic imine (C=N–C) groups is 1. The molecule has 11 heteroatoms. The number of carbonyl (C=O) groups excluding carboxylic acids is 1. The minimum atomic E-state index is -1.92. The number of amidine groups is 1. The van der Waals surface area contributed by atoms with Crippen LogP contribution in [-0.4, -0.2) is 40.7 Å². The first kappa shape index (κ1) is 22.9. The highest BCUT2D eigenvalue weighted by atomic mass is 35.5. The van der Waals surface area contributed by atoms with Crippen LogP contribution in [0.4, 0.5) is 20.2 Å². The summed E-state index contributed by atoms with van der Waals surface area (Å²) >= 11 is 1.06. The summed E-state index contributed by atoms with van der Waals surface area (Å²) in [5, 5.41) is 2.80. The van der Waals surface area contributed by atoms with Crippen molar-refractivity contribution in [1.29, 1.82) is 0 Å². The van der Waals surface area contributed by atoms with Crippen LogP contribution in [-0.2, 0) is 10.3 Å². The Morgan fingerprint density at radius 3 is 2.87 bits per heavy atom. The van der Waals surface area contributed by atoms with E-state index in [1.807, 2.05) is 0 Å². The van der Waals surface area contributed by atoms with Gasteiger partial charge in [0.1, 0.15) is 11.5 Å². The van der Waals surface area contributed by atoms with E-state index in [4.69, 9.17) is 17.0 Å². The van der Waals surface area contributed by atoms with Crippen molar-refractivity contribution in [2.24, 2.45) is 10.7 Å². The Labute approximate surface area is 187 Å². The maximum Gasteiger partial charge on any atom is 0.274 e. The second kappa shape index (κ2) is 8.42. The van der Waals surface area contributed by atoms with Gasteiger partial charge in [0.05, 0.1) is 19.8 Å². The minimum Gasteiger partial charge on any atom is -0.379 e. The molecular formula is C20H18ClF2N5O2S. The summed E-state index contributed by atoms with van der Waals surface area (Å²) < 4.78 is 35.8. The predicted molar refractivity (Wildman–Crippen MR) is 117 cm³/mol. The van der Waals surface area contributed by atoms with Crippen molar-refractivity contribution in [2.45, 2.75) is 18.1 Å². The Hall–Kier alpha value is -2.74. The molecule has 0 saturated carbocycles. The number of nitrogens with two attached hydrogens (primary N) is 1. The highest BCUT2D eigenvalue weighted by Crippen LogP contribution is 2.50. The standard InChI is InChI=1S/C20H17F2N5O2S.ClH/c1-11-5-13(24-2)7-25-16(11)17(28)26-12-3-4-15(21)14(6-12)20-9-29-8-19(20,22)10-30-18(23)27-20;/h3-7H,8-10H2,1H3,(H2,23,27)(H,26,28);1H/t19-,20-;/m1./s1. The van der Waals surface area contributed by atoms with E-state index >= 15 is 4.39 Å². The zero-order valence-electron chi connectivity index (χ0n) is 16.3. The number of amides is 1. The van der Waals surface area contributed by atoms with Gasteiger partial charge in [-0.15, -0.1) is 12.4 Å². The number of hydrogen-bond donors (Lipinski definition) is 2. The van der Waals surface area contributed by atoms with E-state index in [1.165, 1.54) is 18.3 Å². The lowest BCUT2D eigenvalue weighted by molar-refractivity contribution is 0.102. The Kier molecular flexibility index (Phi) is 6.23. The summed E-state index contributed by atoms with van der Waals surface area (Å²) in [7, 11) is 0. The topological polar surface area (TPSA) is 94.0 Å². The van der Waals surface area contributed by atoms with Gasteiger partial charge in [-0.2, -0.15) is 0 Å². The molecule has 31 heavy (non-hydrogen) atoms. The van der Waals surface area contributed by atoms with Gasteiger partial charge in [0, 0.05) is 23.2 Å². The van der Waals surface area contributed by atoms with E-state index in [2.05, 4.69) is 20.1 Å². The van der Waals surface area contributed by atoms with E-state index < -0.39 is 22.9 Å². The molecule has 7 nitrogen and oxygen atoms in total. The molecule has 0 spiro atoms. The Balaban J connectivity index is 0.00000272. The summed E-state index contributed by atoms with van der Waals surface area (Å²) in [6.07, 6.45) is 1.30. The summed E-state index contributed by atoms with van der Waals surface area (Å²) in [5.41, 5.74) is 3.49. The van der Waals surface area contributed by atoms with Crippen molar-refractivity contribution >= 4 is 46.6 Å². The van der Waals surface area contributed by atoms with Gasteiger partial charge in [0.15, 0.2) is 16.4 Å². The number of anilines is 1. The molecule has 0 bridgehead atoms. The van der Waals surface area contributed by atoms with Crippen LogP contribution in [0.3, 0.4) is 0 Å². The summed E-state index contributed by atoms with van der Waals surface area (Å²) in [6.45, 7) is 8.30.